The average Bonchev–Trinajstić information content (AvgIpc) is 2.82. The van der Waals surface area contributed by atoms with Gasteiger partial charge in [-0.25, -0.2) is 4.39 Å². The summed E-state index contributed by atoms with van der Waals surface area (Å²) < 4.78 is 13.2. The maximum Gasteiger partial charge on any atom is 0.303 e. The first kappa shape index (κ1) is 23.7. The minimum atomic E-state index is -1.07. The van der Waals surface area contributed by atoms with Crippen LogP contribution in [0.5, 0.6) is 0 Å². The highest BCUT2D eigenvalue weighted by molar-refractivity contribution is 5.98. The monoisotopic (exact) mass is 448 g/mol. The van der Waals surface area contributed by atoms with E-state index in [1.165, 1.54) is 12.1 Å². The van der Waals surface area contributed by atoms with Gasteiger partial charge in [0.05, 0.1) is 6.04 Å². The van der Waals surface area contributed by atoms with E-state index in [2.05, 4.69) is 10.6 Å². The third-order valence-electron chi connectivity index (χ3n) is 5.25. The predicted molar refractivity (Wildman–Crippen MR) is 123 cm³/mol. The first-order valence-corrected chi connectivity index (χ1v) is 10.6. The summed E-state index contributed by atoms with van der Waals surface area (Å²) in [6.45, 7) is 1.73. The molecule has 0 spiro atoms. The molecule has 0 saturated carbocycles. The van der Waals surface area contributed by atoms with E-state index in [1.807, 2.05) is 42.5 Å². The fraction of sp³-hybridized carbons (Fsp3) is 0.192. The molecule has 6 nitrogen and oxygen atoms in total. The van der Waals surface area contributed by atoms with Gasteiger partial charge in [0, 0.05) is 12.0 Å². The van der Waals surface area contributed by atoms with E-state index >= 15 is 0 Å². The van der Waals surface area contributed by atoms with Crippen molar-refractivity contribution in [1.29, 1.82) is 0 Å². The van der Waals surface area contributed by atoms with E-state index in [4.69, 9.17) is 5.11 Å². The van der Waals surface area contributed by atoms with Crippen molar-refractivity contribution in [2.24, 2.45) is 0 Å². The molecule has 170 valence electrons. The van der Waals surface area contributed by atoms with E-state index in [0.29, 0.717) is 11.1 Å². The molecule has 2 atom stereocenters. The molecule has 0 bridgehead atoms. The number of hydrogen-bond donors (Lipinski definition) is 3. The van der Waals surface area contributed by atoms with E-state index in [9.17, 15) is 18.8 Å². The molecule has 3 aromatic rings. The second-order valence-corrected chi connectivity index (χ2v) is 7.68. The molecule has 3 aromatic carbocycles. The summed E-state index contributed by atoms with van der Waals surface area (Å²) in [5.41, 5.74) is 3.00. The van der Waals surface area contributed by atoms with Gasteiger partial charge < -0.3 is 15.7 Å². The van der Waals surface area contributed by atoms with Crippen molar-refractivity contribution in [2.75, 3.05) is 0 Å². The topological polar surface area (TPSA) is 95.5 Å². The normalized spacial score (nSPS) is 12.4. The van der Waals surface area contributed by atoms with Crippen LogP contribution in [0.2, 0.25) is 0 Å². The SMILES string of the molecule is C[C@H](NC(=O)[C@H](CCC(=O)O)NC(=O)c1ccc(-c2ccccc2)cc1)c1ccc(F)cc1. The Morgan fingerprint density at radius 1 is 0.848 bits per heavy atom. The van der Waals surface area contributed by atoms with Crippen LogP contribution in [-0.2, 0) is 9.59 Å². The van der Waals surface area contributed by atoms with Gasteiger partial charge in [-0.2, -0.15) is 0 Å². The van der Waals surface area contributed by atoms with Crippen LogP contribution < -0.4 is 10.6 Å². The summed E-state index contributed by atoms with van der Waals surface area (Å²) in [4.78, 5) is 36.6. The number of halogens is 1. The number of aliphatic carboxylic acids is 1. The standard InChI is InChI=1S/C26H25FN2O4/c1-17(18-11-13-22(27)14-12-18)28-26(33)23(15-16-24(30)31)29-25(32)21-9-7-20(8-10-21)19-5-3-2-4-6-19/h2-14,17,23H,15-16H2,1H3,(H,28,33)(H,29,32)(H,30,31)/t17-,23-/m0/s1. The number of rotatable bonds is 9. The largest absolute Gasteiger partial charge is 0.481 e. The van der Waals surface area contributed by atoms with Gasteiger partial charge in [0.2, 0.25) is 5.91 Å². The zero-order valence-corrected chi connectivity index (χ0v) is 18.1. The first-order chi connectivity index (χ1) is 15.8. The summed E-state index contributed by atoms with van der Waals surface area (Å²) in [7, 11) is 0. The molecule has 0 aliphatic carbocycles. The van der Waals surface area contributed by atoms with Gasteiger partial charge in [0.15, 0.2) is 0 Å². The molecule has 0 aliphatic heterocycles. The highest BCUT2D eigenvalue weighted by Gasteiger charge is 2.24. The molecule has 0 saturated heterocycles. The number of amides is 2. The maximum absolute atomic E-state index is 13.2. The van der Waals surface area contributed by atoms with Crippen LogP contribution in [0.1, 0.15) is 41.7 Å². The molecular formula is C26H25FN2O4. The van der Waals surface area contributed by atoms with Crippen LogP contribution in [0.4, 0.5) is 4.39 Å². The smallest absolute Gasteiger partial charge is 0.303 e. The third-order valence-corrected chi connectivity index (χ3v) is 5.25. The Morgan fingerprint density at radius 3 is 2.06 bits per heavy atom. The Bertz CT molecular complexity index is 1100. The summed E-state index contributed by atoms with van der Waals surface area (Å²) >= 11 is 0. The van der Waals surface area contributed by atoms with Crippen LogP contribution in [0.3, 0.4) is 0 Å². The van der Waals surface area contributed by atoms with Crippen molar-refractivity contribution < 1.29 is 23.9 Å². The second-order valence-electron chi connectivity index (χ2n) is 7.68. The van der Waals surface area contributed by atoms with Gasteiger partial charge in [-0.1, -0.05) is 54.6 Å². The molecule has 2 amide bonds. The zero-order chi connectivity index (χ0) is 23.8. The van der Waals surface area contributed by atoms with Gasteiger partial charge in [-0.3, -0.25) is 14.4 Å². The van der Waals surface area contributed by atoms with Crippen molar-refractivity contribution >= 4 is 17.8 Å². The number of benzene rings is 3. The van der Waals surface area contributed by atoms with E-state index < -0.39 is 29.9 Å². The molecule has 0 fully saturated rings. The molecule has 0 aromatic heterocycles. The van der Waals surface area contributed by atoms with E-state index in [1.54, 1.807) is 31.2 Å². The lowest BCUT2D eigenvalue weighted by molar-refractivity contribution is -0.137. The molecule has 0 radical (unpaired) electrons. The molecular weight excluding hydrogens is 423 g/mol. The summed E-state index contributed by atoms with van der Waals surface area (Å²) in [5, 5.41) is 14.4. The van der Waals surface area contributed by atoms with Gasteiger partial charge in [-0.05, 0) is 54.3 Å². The van der Waals surface area contributed by atoms with Gasteiger partial charge in [-0.15, -0.1) is 0 Å². The number of carboxylic acid groups (broad SMARTS) is 1. The molecule has 3 rings (SSSR count). The molecule has 0 unspecified atom stereocenters. The molecule has 0 aliphatic rings. The number of carbonyl (C=O) groups is 3. The Kier molecular flexibility index (Phi) is 7.91. The average molecular weight is 448 g/mol. The maximum atomic E-state index is 13.2. The van der Waals surface area contributed by atoms with Gasteiger partial charge >= 0.3 is 5.97 Å². The fourth-order valence-corrected chi connectivity index (χ4v) is 3.37. The Morgan fingerprint density at radius 2 is 1.45 bits per heavy atom. The summed E-state index contributed by atoms with van der Waals surface area (Å²) in [5.74, 6) is -2.44. The van der Waals surface area contributed by atoms with Crippen molar-refractivity contribution in [3.63, 3.8) is 0 Å². The highest BCUT2D eigenvalue weighted by atomic mass is 19.1. The second kappa shape index (κ2) is 11.0. The molecule has 7 heteroatoms. The fourth-order valence-electron chi connectivity index (χ4n) is 3.37. The number of carbonyl (C=O) groups excluding carboxylic acids is 2. The van der Waals surface area contributed by atoms with Crippen LogP contribution in [0.25, 0.3) is 11.1 Å². The third kappa shape index (κ3) is 6.74. The van der Waals surface area contributed by atoms with E-state index in [0.717, 1.165) is 11.1 Å². The van der Waals surface area contributed by atoms with Crippen molar-refractivity contribution in [3.8, 4) is 11.1 Å². The van der Waals surface area contributed by atoms with Crippen molar-refractivity contribution in [1.82, 2.24) is 10.6 Å². The Labute approximate surface area is 191 Å². The minimum absolute atomic E-state index is 0.0643. The number of hydrogen-bond acceptors (Lipinski definition) is 3. The Hall–Kier alpha value is -4.00. The van der Waals surface area contributed by atoms with Crippen LogP contribution in [0, 0.1) is 5.82 Å². The van der Waals surface area contributed by atoms with Gasteiger partial charge in [0.25, 0.3) is 5.91 Å². The van der Waals surface area contributed by atoms with Gasteiger partial charge in [0.1, 0.15) is 11.9 Å². The van der Waals surface area contributed by atoms with Crippen molar-refractivity contribution in [2.45, 2.75) is 31.8 Å². The first-order valence-electron chi connectivity index (χ1n) is 10.6. The highest BCUT2D eigenvalue weighted by Crippen LogP contribution is 2.19. The van der Waals surface area contributed by atoms with Crippen LogP contribution in [-0.4, -0.2) is 28.9 Å². The summed E-state index contributed by atoms with van der Waals surface area (Å²) in [6, 6.07) is 20.8. The summed E-state index contributed by atoms with van der Waals surface area (Å²) in [6.07, 6.45) is -0.346. The minimum Gasteiger partial charge on any atom is -0.481 e. The Balaban J connectivity index is 1.69. The quantitative estimate of drug-likeness (QED) is 0.454. The zero-order valence-electron chi connectivity index (χ0n) is 18.1. The van der Waals surface area contributed by atoms with E-state index in [-0.39, 0.29) is 18.7 Å². The lowest BCUT2D eigenvalue weighted by Gasteiger charge is -2.21. The van der Waals surface area contributed by atoms with Crippen LogP contribution in [0.15, 0.2) is 78.9 Å². The lowest BCUT2D eigenvalue weighted by Crippen LogP contribution is -2.47. The van der Waals surface area contributed by atoms with Crippen LogP contribution >= 0.6 is 0 Å². The lowest BCUT2D eigenvalue weighted by atomic mass is 10.0. The number of nitrogens with one attached hydrogen (secondary N) is 2. The predicted octanol–water partition coefficient (Wildman–Crippen LogP) is 4.33. The molecule has 3 N–H and O–H groups in total. The molecule has 0 heterocycles. The molecule has 33 heavy (non-hydrogen) atoms. The van der Waals surface area contributed by atoms with Crippen molar-refractivity contribution in [3.05, 3.63) is 95.8 Å². The number of carboxylic acids is 1.